The van der Waals surface area contributed by atoms with Crippen molar-refractivity contribution in [3.63, 3.8) is 0 Å². The molecule has 3 atom stereocenters. The van der Waals surface area contributed by atoms with E-state index < -0.39 is 0 Å². The Bertz CT molecular complexity index is 522. The standard InChI is InChI=1S/C17H25FN2O/c1-4-17(3)11-19-12(2)9-20(17)10-15-8-13-7-14(18)5-6-16(13)21-15/h5-7,12,15,19H,4,8-11H2,1-3H3. The molecule has 2 aliphatic heterocycles. The Morgan fingerprint density at radius 3 is 3.05 bits per heavy atom. The minimum absolute atomic E-state index is 0.137. The van der Waals surface area contributed by atoms with Gasteiger partial charge in [-0.15, -0.1) is 0 Å². The van der Waals surface area contributed by atoms with Crippen LogP contribution in [0.3, 0.4) is 0 Å². The van der Waals surface area contributed by atoms with Crippen LogP contribution in [0.1, 0.15) is 32.8 Å². The summed E-state index contributed by atoms with van der Waals surface area (Å²) in [4.78, 5) is 2.54. The zero-order chi connectivity index (χ0) is 15.0. The lowest BCUT2D eigenvalue weighted by molar-refractivity contribution is 0.0225. The highest BCUT2D eigenvalue weighted by atomic mass is 19.1. The third-order valence-corrected chi connectivity index (χ3v) is 5.04. The number of piperazine rings is 1. The summed E-state index contributed by atoms with van der Waals surface area (Å²) in [7, 11) is 0. The average Bonchev–Trinajstić information content (AvgIpc) is 2.84. The van der Waals surface area contributed by atoms with Crippen molar-refractivity contribution in [3.8, 4) is 5.75 Å². The Labute approximate surface area is 126 Å². The predicted molar refractivity (Wildman–Crippen MR) is 82.3 cm³/mol. The van der Waals surface area contributed by atoms with Crippen molar-refractivity contribution < 1.29 is 9.13 Å². The fraction of sp³-hybridized carbons (Fsp3) is 0.647. The SMILES string of the molecule is CCC1(C)CNC(C)CN1CC1Cc2cc(F)ccc2O1. The van der Waals surface area contributed by atoms with Gasteiger partial charge in [0.25, 0.3) is 0 Å². The maximum absolute atomic E-state index is 13.3. The molecule has 3 unspecified atom stereocenters. The fourth-order valence-corrected chi connectivity index (χ4v) is 3.40. The van der Waals surface area contributed by atoms with E-state index in [9.17, 15) is 4.39 Å². The molecule has 0 saturated carbocycles. The van der Waals surface area contributed by atoms with Crippen molar-refractivity contribution in [2.75, 3.05) is 19.6 Å². The van der Waals surface area contributed by atoms with Gasteiger partial charge in [-0.2, -0.15) is 0 Å². The Kier molecular flexibility index (Phi) is 3.93. The summed E-state index contributed by atoms with van der Waals surface area (Å²) in [5.74, 6) is 0.676. The van der Waals surface area contributed by atoms with Crippen molar-refractivity contribution in [1.82, 2.24) is 10.2 Å². The molecular formula is C17H25FN2O. The number of fused-ring (bicyclic) bond motifs is 1. The number of nitrogens with zero attached hydrogens (tertiary/aromatic N) is 1. The molecule has 0 aliphatic carbocycles. The van der Waals surface area contributed by atoms with Gasteiger partial charge in [-0.05, 0) is 38.5 Å². The molecule has 2 heterocycles. The van der Waals surface area contributed by atoms with Gasteiger partial charge in [0.05, 0.1) is 0 Å². The Hall–Kier alpha value is -1.13. The Balaban J connectivity index is 1.69. The molecule has 0 amide bonds. The molecule has 0 radical (unpaired) electrons. The van der Waals surface area contributed by atoms with Crippen molar-refractivity contribution >= 4 is 0 Å². The van der Waals surface area contributed by atoms with Crippen LogP contribution >= 0.6 is 0 Å². The Morgan fingerprint density at radius 1 is 1.48 bits per heavy atom. The van der Waals surface area contributed by atoms with Gasteiger partial charge in [-0.25, -0.2) is 4.39 Å². The first-order valence-corrected chi connectivity index (χ1v) is 7.93. The summed E-state index contributed by atoms with van der Waals surface area (Å²) in [5, 5.41) is 3.57. The normalized spacial score (nSPS) is 32.8. The minimum atomic E-state index is -0.174. The smallest absolute Gasteiger partial charge is 0.123 e. The first kappa shape index (κ1) is 14.8. The molecule has 116 valence electrons. The molecule has 3 nitrogen and oxygen atoms in total. The van der Waals surface area contributed by atoms with Crippen LogP contribution in [0, 0.1) is 5.82 Å². The van der Waals surface area contributed by atoms with E-state index in [0.29, 0.717) is 6.04 Å². The predicted octanol–water partition coefficient (Wildman–Crippen LogP) is 2.59. The van der Waals surface area contributed by atoms with Gasteiger partial charge in [-0.3, -0.25) is 4.90 Å². The molecule has 1 N–H and O–H groups in total. The van der Waals surface area contributed by atoms with Crippen LogP contribution in [-0.4, -0.2) is 42.2 Å². The number of ether oxygens (including phenoxy) is 1. The summed E-state index contributed by atoms with van der Waals surface area (Å²) >= 11 is 0. The highest BCUT2D eigenvalue weighted by molar-refractivity contribution is 5.38. The average molecular weight is 292 g/mol. The monoisotopic (exact) mass is 292 g/mol. The van der Waals surface area contributed by atoms with E-state index in [2.05, 4.69) is 31.0 Å². The second-order valence-electron chi connectivity index (χ2n) is 6.73. The van der Waals surface area contributed by atoms with Crippen LogP contribution in [0.4, 0.5) is 4.39 Å². The maximum Gasteiger partial charge on any atom is 0.123 e. The number of rotatable bonds is 3. The highest BCUT2D eigenvalue weighted by Crippen LogP contribution is 2.31. The van der Waals surface area contributed by atoms with Crippen molar-refractivity contribution in [2.45, 2.75) is 51.3 Å². The highest BCUT2D eigenvalue weighted by Gasteiger charge is 2.37. The summed E-state index contributed by atoms with van der Waals surface area (Å²) in [6.07, 6.45) is 2.06. The van der Waals surface area contributed by atoms with E-state index in [4.69, 9.17) is 4.74 Å². The second kappa shape index (κ2) is 5.58. The van der Waals surface area contributed by atoms with Crippen LogP contribution in [-0.2, 0) is 6.42 Å². The number of hydrogen-bond donors (Lipinski definition) is 1. The summed E-state index contributed by atoms with van der Waals surface area (Å²) in [6.45, 7) is 9.74. The van der Waals surface area contributed by atoms with Crippen LogP contribution in [0.25, 0.3) is 0 Å². The topological polar surface area (TPSA) is 24.5 Å². The van der Waals surface area contributed by atoms with E-state index in [-0.39, 0.29) is 17.5 Å². The number of nitrogens with one attached hydrogen (secondary N) is 1. The van der Waals surface area contributed by atoms with Crippen LogP contribution in [0.2, 0.25) is 0 Å². The summed E-state index contributed by atoms with van der Waals surface area (Å²) < 4.78 is 19.3. The molecule has 0 bridgehead atoms. The number of benzene rings is 1. The molecule has 21 heavy (non-hydrogen) atoms. The van der Waals surface area contributed by atoms with E-state index >= 15 is 0 Å². The summed E-state index contributed by atoms with van der Waals surface area (Å²) in [5.41, 5.74) is 1.18. The van der Waals surface area contributed by atoms with E-state index in [1.54, 1.807) is 12.1 Å². The molecule has 4 heteroatoms. The van der Waals surface area contributed by atoms with Crippen LogP contribution < -0.4 is 10.1 Å². The van der Waals surface area contributed by atoms with Gasteiger partial charge in [0, 0.05) is 43.2 Å². The number of halogens is 1. The van der Waals surface area contributed by atoms with Gasteiger partial charge in [0.1, 0.15) is 17.7 Å². The molecule has 0 spiro atoms. The van der Waals surface area contributed by atoms with Gasteiger partial charge in [0.15, 0.2) is 0 Å². The first-order chi connectivity index (χ1) is 10.00. The molecule has 0 aromatic heterocycles. The van der Waals surface area contributed by atoms with E-state index in [1.807, 2.05) is 0 Å². The Morgan fingerprint density at radius 2 is 2.29 bits per heavy atom. The van der Waals surface area contributed by atoms with Crippen LogP contribution in [0.5, 0.6) is 5.75 Å². The third kappa shape index (κ3) is 2.92. The largest absolute Gasteiger partial charge is 0.488 e. The van der Waals surface area contributed by atoms with Gasteiger partial charge < -0.3 is 10.1 Å². The molecule has 1 fully saturated rings. The second-order valence-corrected chi connectivity index (χ2v) is 6.73. The summed E-state index contributed by atoms with van der Waals surface area (Å²) in [6, 6.07) is 5.34. The van der Waals surface area contributed by atoms with Gasteiger partial charge >= 0.3 is 0 Å². The molecule has 1 aromatic carbocycles. The fourth-order valence-electron chi connectivity index (χ4n) is 3.40. The number of hydrogen-bond acceptors (Lipinski definition) is 3. The van der Waals surface area contributed by atoms with Crippen LogP contribution in [0.15, 0.2) is 18.2 Å². The quantitative estimate of drug-likeness (QED) is 0.927. The zero-order valence-electron chi connectivity index (χ0n) is 13.2. The lowest BCUT2D eigenvalue weighted by Crippen LogP contribution is -2.63. The molecular weight excluding hydrogens is 267 g/mol. The van der Waals surface area contributed by atoms with Gasteiger partial charge in [-0.1, -0.05) is 6.92 Å². The molecule has 1 saturated heterocycles. The first-order valence-electron chi connectivity index (χ1n) is 7.93. The third-order valence-electron chi connectivity index (χ3n) is 5.04. The van der Waals surface area contributed by atoms with Crippen molar-refractivity contribution in [3.05, 3.63) is 29.6 Å². The molecule has 2 aliphatic rings. The molecule has 1 aromatic rings. The van der Waals surface area contributed by atoms with E-state index in [0.717, 1.165) is 43.8 Å². The zero-order valence-corrected chi connectivity index (χ0v) is 13.2. The minimum Gasteiger partial charge on any atom is -0.488 e. The maximum atomic E-state index is 13.3. The van der Waals surface area contributed by atoms with Gasteiger partial charge in [0.2, 0.25) is 0 Å². The lowest BCUT2D eigenvalue weighted by atomic mass is 9.91. The van der Waals surface area contributed by atoms with Crippen molar-refractivity contribution in [1.29, 1.82) is 0 Å². The van der Waals surface area contributed by atoms with E-state index in [1.165, 1.54) is 6.07 Å². The van der Waals surface area contributed by atoms with Crippen molar-refractivity contribution in [2.24, 2.45) is 0 Å². The molecule has 3 rings (SSSR count). The lowest BCUT2D eigenvalue weighted by Gasteiger charge is -2.48.